The predicted molar refractivity (Wildman–Crippen MR) is 81.0 cm³/mol. The lowest BCUT2D eigenvalue weighted by Crippen LogP contribution is -2.27. The number of hydrogen-bond acceptors (Lipinski definition) is 2. The van der Waals surface area contributed by atoms with E-state index in [1.54, 1.807) is 0 Å². The maximum absolute atomic E-state index is 12.2. The molecule has 2 nitrogen and oxygen atoms in total. The quantitative estimate of drug-likeness (QED) is 0.790. The standard InChI is InChI=1S/C18H19NO/c20-18(16-9-5-2-6-10-16)14-19-12-11-17(13-19)15-7-3-1-4-8-15/h1-10,17H,11-14H2. The van der Waals surface area contributed by atoms with E-state index in [0.717, 1.165) is 25.1 Å². The van der Waals surface area contributed by atoms with Crippen LogP contribution in [0.3, 0.4) is 0 Å². The topological polar surface area (TPSA) is 20.3 Å². The van der Waals surface area contributed by atoms with Crippen LogP contribution >= 0.6 is 0 Å². The smallest absolute Gasteiger partial charge is 0.176 e. The summed E-state index contributed by atoms with van der Waals surface area (Å²) in [5.74, 6) is 0.791. The van der Waals surface area contributed by atoms with Crippen molar-refractivity contribution in [3.8, 4) is 0 Å². The van der Waals surface area contributed by atoms with E-state index in [9.17, 15) is 4.79 Å². The molecule has 1 saturated heterocycles. The molecule has 1 aliphatic heterocycles. The first-order chi connectivity index (χ1) is 9.83. The minimum Gasteiger partial charge on any atom is -0.295 e. The van der Waals surface area contributed by atoms with Crippen molar-refractivity contribution in [2.45, 2.75) is 12.3 Å². The zero-order valence-corrected chi connectivity index (χ0v) is 11.5. The molecule has 1 heterocycles. The van der Waals surface area contributed by atoms with Crippen molar-refractivity contribution in [2.75, 3.05) is 19.6 Å². The Morgan fingerprint density at radius 2 is 1.65 bits per heavy atom. The van der Waals surface area contributed by atoms with Crippen LogP contribution in [-0.4, -0.2) is 30.3 Å². The van der Waals surface area contributed by atoms with Gasteiger partial charge < -0.3 is 0 Å². The van der Waals surface area contributed by atoms with E-state index in [0.29, 0.717) is 12.5 Å². The summed E-state index contributed by atoms with van der Waals surface area (Å²) in [5.41, 5.74) is 2.21. The van der Waals surface area contributed by atoms with E-state index in [2.05, 4.69) is 35.2 Å². The summed E-state index contributed by atoms with van der Waals surface area (Å²) in [4.78, 5) is 14.5. The Morgan fingerprint density at radius 1 is 1.00 bits per heavy atom. The first-order valence-corrected chi connectivity index (χ1v) is 7.18. The summed E-state index contributed by atoms with van der Waals surface area (Å²) in [7, 11) is 0. The fraction of sp³-hybridized carbons (Fsp3) is 0.278. The number of rotatable bonds is 4. The van der Waals surface area contributed by atoms with E-state index in [1.165, 1.54) is 5.56 Å². The van der Waals surface area contributed by atoms with Gasteiger partial charge in [-0.05, 0) is 24.4 Å². The van der Waals surface area contributed by atoms with Gasteiger partial charge in [0.2, 0.25) is 0 Å². The second kappa shape index (κ2) is 6.02. The molecule has 1 fully saturated rings. The highest BCUT2D eigenvalue weighted by Crippen LogP contribution is 2.26. The SMILES string of the molecule is O=C(CN1CCC(c2ccccc2)C1)c1ccccc1. The molecular formula is C18H19NO. The van der Waals surface area contributed by atoms with Crippen LogP contribution in [-0.2, 0) is 0 Å². The molecular weight excluding hydrogens is 246 g/mol. The molecule has 0 aromatic heterocycles. The molecule has 0 spiro atoms. The molecule has 2 heteroatoms. The lowest BCUT2D eigenvalue weighted by Gasteiger charge is -2.15. The third kappa shape index (κ3) is 2.97. The number of likely N-dealkylation sites (tertiary alicyclic amines) is 1. The van der Waals surface area contributed by atoms with E-state index in [4.69, 9.17) is 0 Å². The Morgan fingerprint density at radius 3 is 2.35 bits per heavy atom. The van der Waals surface area contributed by atoms with Gasteiger partial charge in [0.1, 0.15) is 0 Å². The summed E-state index contributed by atoms with van der Waals surface area (Å²) in [5, 5.41) is 0. The molecule has 2 aromatic rings. The second-order valence-corrected chi connectivity index (χ2v) is 5.42. The third-order valence-corrected chi connectivity index (χ3v) is 4.01. The molecule has 0 amide bonds. The van der Waals surface area contributed by atoms with Crippen LogP contribution in [0.25, 0.3) is 0 Å². The van der Waals surface area contributed by atoms with Crippen LogP contribution in [0.4, 0.5) is 0 Å². The van der Waals surface area contributed by atoms with Crippen LogP contribution in [0.5, 0.6) is 0 Å². The van der Waals surface area contributed by atoms with Crippen LogP contribution in [0, 0.1) is 0 Å². The van der Waals surface area contributed by atoms with Crippen molar-refractivity contribution in [3.63, 3.8) is 0 Å². The summed E-state index contributed by atoms with van der Waals surface area (Å²) < 4.78 is 0. The Labute approximate surface area is 120 Å². The first-order valence-electron chi connectivity index (χ1n) is 7.18. The van der Waals surface area contributed by atoms with Gasteiger partial charge in [0.15, 0.2) is 5.78 Å². The number of hydrogen-bond donors (Lipinski definition) is 0. The van der Waals surface area contributed by atoms with Gasteiger partial charge in [0.05, 0.1) is 6.54 Å². The van der Waals surface area contributed by atoms with Gasteiger partial charge >= 0.3 is 0 Å². The minimum absolute atomic E-state index is 0.222. The van der Waals surface area contributed by atoms with Crippen molar-refractivity contribution < 1.29 is 4.79 Å². The van der Waals surface area contributed by atoms with E-state index in [-0.39, 0.29) is 5.78 Å². The van der Waals surface area contributed by atoms with Crippen LogP contribution < -0.4 is 0 Å². The molecule has 3 rings (SSSR count). The summed E-state index contributed by atoms with van der Waals surface area (Å²) in [6.07, 6.45) is 1.14. The Kier molecular flexibility index (Phi) is 3.93. The maximum Gasteiger partial charge on any atom is 0.176 e. The lowest BCUT2D eigenvalue weighted by atomic mass is 9.99. The van der Waals surface area contributed by atoms with Gasteiger partial charge in [-0.25, -0.2) is 0 Å². The lowest BCUT2D eigenvalue weighted by molar-refractivity contribution is 0.0944. The molecule has 0 saturated carbocycles. The summed E-state index contributed by atoms with van der Waals surface area (Å²) in [6.45, 7) is 2.54. The zero-order chi connectivity index (χ0) is 13.8. The fourth-order valence-electron chi connectivity index (χ4n) is 2.89. The van der Waals surface area contributed by atoms with Crippen molar-refractivity contribution in [2.24, 2.45) is 0 Å². The molecule has 102 valence electrons. The van der Waals surface area contributed by atoms with Gasteiger partial charge in [-0.2, -0.15) is 0 Å². The van der Waals surface area contributed by atoms with Crippen LogP contribution in [0.2, 0.25) is 0 Å². The first kappa shape index (κ1) is 13.1. The number of benzene rings is 2. The normalized spacial score (nSPS) is 19.1. The van der Waals surface area contributed by atoms with Gasteiger partial charge in [-0.3, -0.25) is 9.69 Å². The Hall–Kier alpha value is -1.93. The molecule has 0 bridgehead atoms. The molecule has 2 aromatic carbocycles. The monoisotopic (exact) mass is 265 g/mol. The van der Waals surface area contributed by atoms with Gasteiger partial charge in [0.25, 0.3) is 0 Å². The zero-order valence-electron chi connectivity index (χ0n) is 11.5. The van der Waals surface area contributed by atoms with Crippen molar-refractivity contribution >= 4 is 5.78 Å². The fourth-order valence-corrected chi connectivity index (χ4v) is 2.89. The average Bonchev–Trinajstić information content (AvgIpc) is 2.97. The Balaban J connectivity index is 1.60. The number of Topliss-reactive ketones (excluding diaryl/α,β-unsaturated/α-hetero) is 1. The number of carbonyl (C=O) groups is 1. The third-order valence-electron chi connectivity index (χ3n) is 4.01. The minimum atomic E-state index is 0.222. The van der Waals surface area contributed by atoms with Gasteiger partial charge in [-0.15, -0.1) is 0 Å². The molecule has 0 aliphatic carbocycles. The van der Waals surface area contributed by atoms with Gasteiger partial charge in [0, 0.05) is 12.1 Å². The van der Waals surface area contributed by atoms with Crippen molar-refractivity contribution in [1.29, 1.82) is 0 Å². The number of nitrogens with zero attached hydrogens (tertiary/aromatic N) is 1. The van der Waals surface area contributed by atoms with Crippen LogP contribution in [0.1, 0.15) is 28.3 Å². The molecule has 1 aliphatic rings. The van der Waals surface area contributed by atoms with Crippen LogP contribution in [0.15, 0.2) is 60.7 Å². The van der Waals surface area contributed by atoms with Gasteiger partial charge in [-0.1, -0.05) is 60.7 Å². The van der Waals surface area contributed by atoms with E-state index < -0.39 is 0 Å². The molecule has 0 radical (unpaired) electrons. The van der Waals surface area contributed by atoms with E-state index >= 15 is 0 Å². The van der Waals surface area contributed by atoms with E-state index in [1.807, 2.05) is 30.3 Å². The number of carbonyl (C=O) groups excluding carboxylic acids is 1. The largest absolute Gasteiger partial charge is 0.295 e. The number of ketones is 1. The summed E-state index contributed by atoms with van der Waals surface area (Å²) >= 11 is 0. The average molecular weight is 265 g/mol. The van der Waals surface area contributed by atoms with Crippen molar-refractivity contribution in [1.82, 2.24) is 4.90 Å². The highest BCUT2D eigenvalue weighted by Gasteiger charge is 2.25. The predicted octanol–water partition coefficient (Wildman–Crippen LogP) is 3.36. The molecule has 1 unspecified atom stereocenters. The maximum atomic E-state index is 12.2. The molecule has 20 heavy (non-hydrogen) atoms. The Bertz CT molecular complexity index is 564. The molecule has 1 atom stereocenters. The molecule has 0 N–H and O–H groups in total. The highest BCUT2D eigenvalue weighted by atomic mass is 16.1. The van der Waals surface area contributed by atoms with Crippen molar-refractivity contribution in [3.05, 3.63) is 71.8 Å². The second-order valence-electron chi connectivity index (χ2n) is 5.42. The highest BCUT2D eigenvalue weighted by molar-refractivity contribution is 5.97. The summed E-state index contributed by atoms with van der Waals surface area (Å²) in [6, 6.07) is 20.2.